The van der Waals surface area contributed by atoms with Crippen molar-refractivity contribution in [1.82, 2.24) is 5.32 Å². The fourth-order valence-corrected chi connectivity index (χ4v) is 2.73. The van der Waals surface area contributed by atoms with E-state index in [9.17, 15) is 0 Å². The molecule has 0 radical (unpaired) electrons. The summed E-state index contributed by atoms with van der Waals surface area (Å²) in [5.74, 6) is 0.830. The standard InChI is InChI=1S/C19H23ClN2OS/c1-14(2)23-17-10-5-9-16(13-17)22-19(24)21-12-6-8-15-7-3-4-11-18(15)20/h3-5,7,9-11,13-14H,6,8,12H2,1-2H3,(H2,21,22,24). The second kappa shape index (κ2) is 9.50. The molecule has 0 amide bonds. The van der Waals surface area contributed by atoms with Gasteiger partial charge < -0.3 is 15.4 Å². The van der Waals surface area contributed by atoms with Gasteiger partial charge in [-0.2, -0.15) is 0 Å². The molecule has 0 unspecified atom stereocenters. The van der Waals surface area contributed by atoms with Gasteiger partial charge in [0.1, 0.15) is 5.75 Å². The fourth-order valence-electron chi connectivity index (χ4n) is 2.28. The molecule has 0 aliphatic rings. The van der Waals surface area contributed by atoms with Crippen LogP contribution in [0.15, 0.2) is 48.5 Å². The summed E-state index contributed by atoms with van der Waals surface area (Å²) in [4.78, 5) is 0. The molecule has 0 spiro atoms. The third-order valence-electron chi connectivity index (χ3n) is 3.33. The first-order valence-electron chi connectivity index (χ1n) is 8.09. The molecule has 2 rings (SSSR count). The highest BCUT2D eigenvalue weighted by Gasteiger charge is 2.02. The predicted molar refractivity (Wildman–Crippen MR) is 106 cm³/mol. The molecular formula is C19H23ClN2OS. The highest BCUT2D eigenvalue weighted by Crippen LogP contribution is 2.18. The molecule has 0 saturated carbocycles. The third kappa shape index (κ3) is 6.38. The van der Waals surface area contributed by atoms with E-state index >= 15 is 0 Å². The monoisotopic (exact) mass is 362 g/mol. The molecule has 0 saturated heterocycles. The lowest BCUT2D eigenvalue weighted by molar-refractivity contribution is 0.242. The van der Waals surface area contributed by atoms with Gasteiger partial charge in [0.2, 0.25) is 0 Å². The summed E-state index contributed by atoms with van der Waals surface area (Å²) >= 11 is 11.5. The summed E-state index contributed by atoms with van der Waals surface area (Å²) in [6.45, 7) is 4.80. The minimum absolute atomic E-state index is 0.148. The van der Waals surface area contributed by atoms with Crippen LogP contribution < -0.4 is 15.4 Å². The van der Waals surface area contributed by atoms with Crippen molar-refractivity contribution in [2.24, 2.45) is 0 Å². The number of anilines is 1. The van der Waals surface area contributed by atoms with E-state index in [4.69, 9.17) is 28.6 Å². The number of thiocarbonyl (C=S) groups is 1. The molecule has 2 N–H and O–H groups in total. The number of nitrogens with one attached hydrogen (secondary N) is 2. The van der Waals surface area contributed by atoms with Crippen molar-refractivity contribution < 1.29 is 4.74 Å². The Bertz CT molecular complexity index is 676. The summed E-state index contributed by atoms with van der Waals surface area (Å²) in [7, 11) is 0. The first-order chi connectivity index (χ1) is 11.5. The van der Waals surface area contributed by atoms with Gasteiger partial charge >= 0.3 is 0 Å². The first-order valence-corrected chi connectivity index (χ1v) is 8.88. The van der Waals surface area contributed by atoms with Gasteiger partial charge in [0.05, 0.1) is 6.10 Å². The van der Waals surface area contributed by atoms with E-state index < -0.39 is 0 Å². The quantitative estimate of drug-likeness (QED) is 0.533. The Kier molecular flexibility index (Phi) is 7.35. The van der Waals surface area contributed by atoms with Crippen LogP contribution in [0.5, 0.6) is 5.75 Å². The number of halogens is 1. The minimum atomic E-state index is 0.148. The molecule has 2 aromatic carbocycles. The normalized spacial score (nSPS) is 10.5. The molecule has 0 heterocycles. The van der Waals surface area contributed by atoms with Crippen molar-refractivity contribution in [1.29, 1.82) is 0 Å². The number of aryl methyl sites for hydroxylation is 1. The van der Waals surface area contributed by atoms with Crippen molar-refractivity contribution in [2.45, 2.75) is 32.8 Å². The number of benzene rings is 2. The van der Waals surface area contributed by atoms with E-state index in [0.717, 1.165) is 35.8 Å². The van der Waals surface area contributed by atoms with Crippen LogP contribution in [-0.4, -0.2) is 17.8 Å². The lowest BCUT2D eigenvalue weighted by Crippen LogP contribution is -2.29. The van der Waals surface area contributed by atoms with Gasteiger partial charge in [0, 0.05) is 23.3 Å². The molecular weight excluding hydrogens is 340 g/mol. The topological polar surface area (TPSA) is 33.3 Å². The fraction of sp³-hybridized carbons (Fsp3) is 0.316. The molecule has 3 nitrogen and oxygen atoms in total. The summed E-state index contributed by atoms with van der Waals surface area (Å²) < 4.78 is 5.68. The molecule has 0 aliphatic heterocycles. The molecule has 2 aromatic rings. The van der Waals surface area contributed by atoms with Crippen molar-refractivity contribution >= 4 is 34.6 Å². The van der Waals surface area contributed by atoms with Crippen LogP contribution in [0.3, 0.4) is 0 Å². The SMILES string of the molecule is CC(C)Oc1cccc(NC(=S)NCCCc2ccccc2Cl)c1. The Labute approximate surface area is 154 Å². The van der Waals surface area contributed by atoms with E-state index in [1.54, 1.807) is 0 Å². The molecule has 0 aromatic heterocycles. The largest absolute Gasteiger partial charge is 0.491 e. The summed E-state index contributed by atoms with van der Waals surface area (Å²) in [5, 5.41) is 7.82. The number of rotatable bonds is 7. The van der Waals surface area contributed by atoms with Gasteiger partial charge in [0.15, 0.2) is 5.11 Å². The minimum Gasteiger partial charge on any atom is -0.491 e. The maximum absolute atomic E-state index is 6.15. The molecule has 24 heavy (non-hydrogen) atoms. The average Bonchev–Trinajstić information content (AvgIpc) is 2.53. The van der Waals surface area contributed by atoms with Crippen molar-refractivity contribution in [3.05, 3.63) is 59.1 Å². The van der Waals surface area contributed by atoms with Crippen molar-refractivity contribution in [3.63, 3.8) is 0 Å². The Balaban J connectivity index is 1.74. The lowest BCUT2D eigenvalue weighted by Gasteiger charge is -2.13. The van der Waals surface area contributed by atoms with Crippen molar-refractivity contribution in [3.8, 4) is 5.75 Å². The first kappa shape index (κ1) is 18.6. The molecule has 0 aliphatic carbocycles. The summed E-state index contributed by atoms with van der Waals surface area (Å²) in [5.41, 5.74) is 2.08. The summed E-state index contributed by atoms with van der Waals surface area (Å²) in [6.07, 6.45) is 2.03. The molecule has 0 atom stereocenters. The Morgan fingerprint density at radius 3 is 2.71 bits per heavy atom. The number of ether oxygens (including phenoxy) is 1. The van der Waals surface area contributed by atoms with E-state index in [0.29, 0.717) is 5.11 Å². The van der Waals surface area contributed by atoms with E-state index in [2.05, 4.69) is 16.7 Å². The summed E-state index contributed by atoms with van der Waals surface area (Å²) in [6, 6.07) is 15.7. The molecule has 128 valence electrons. The Morgan fingerprint density at radius 1 is 1.17 bits per heavy atom. The molecule has 0 bridgehead atoms. The second-order valence-electron chi connectivity index (χ2n) is 5.77. The van der Waals surface area contributed by atoms with Gasteiger partial charge in [0.25, 0.3) is 0 Å². The zero-order chi connectivity index (χ0) is 17.4. The Hall–Kier alpha value is -1.78. The van der Waals surface area contributed by atoms with Crippen LogP contribution in [0.25, 0.3) is 0 Å². The van der Waals surface area contributed by atoms with Gasteiger partial charge in [-0.1, -0.05) is 35.9 Å². The van der Waals surface area contributed by atoms with Crippen LogP contribution in [-0.2, 0) is 6.42 Å². The third-order valence-corrected chi connectivity index (χ3v) is 3.95. The van der Waals surface area contributed by atoms with Crippen LogP contribution in [0.2, 0.25) is 5.02 Å². The lowest BCUT2D eigenvalue weighted by atomic mass is 10.1. The van der Waals surface area contributed by atoms with Gasteiger partial charge in [-0.3, -0.25) is 0 Å². The van der Waals surface area contributed by atoms with Crippen LogP contribution in [0, 0.1) is 0 Å². The number of hydrogen-bond donors (Lipinski definition) is 2. The zero-order valence-electron chi connectivity index (χ0n) is 14.0. The predicted octanol–water partition coefficient (Wildman–Crippen LogP) is 5.05. The maximum Gasteiger partial charge on any atom is 0.170 e. The molecule has 5 heteroatoms. The van der Waals surface area contributed by atoms with Crippen LogP contribution >= 0.6 is 23.8 Å². The highest BCUT2D eigenvalue weighted by atomic mass is 35.5. The van der Waals surface area contributed by atoms with Gasteiger partial charge in [-0.05, 0) is 62.7 Å². The van der Waals surface area contributed by atoms with Crippen molar-refractivity contribution in [2.75, 3.05) is 11.9 Å². The van der Waals surface area contributed by atoms with Gasteiger partial charge in [-0.25, -0.2) is 0 Å². The molecule has 0 fully saturated rings. The second-order valence-corrected chi connectivity index (χ2v) is 6.59. The van der Waals surface area contributed by atoms with Gasteiger partial charge in [-0.15, -0.1) is 0 Å². The van der Waals surface area contributed by atoms with E-state index in [1.807, 2.05) is 56.3 Å². The van der Waals surface area contributed by atoms with Crippen LogP contribution in [0.1, 0.15) is 25.8 Å². The highest BCUT2D eigenvalue weighted by molar-refractivity contribution is 7.80. The average molecular weight is 363 g/mol. The maximum atomic E-state index is 6.15. The number of hydrogen-bond acceptors (Lipinski definition) is 2. The Morgan fingerprint density at radius 2 is 1.96 bits per heavy atom. The van der Waals surface area contributed by atoms with E-state index in [1.165, 1.54) is 5.56 Å². The van der Waals surface area contributed by atoms with E-state index in [-0.39, 0.29) is 6.10 Å². The zero-order valence-corrected chi connectivity index (χ0v) is 15.6. The van der Waals surface area contributed by atoms with Crippen LogP contribution in [0.4, 0.5) is 5.69 Å². The smallest absolute Gasteiger partial charge is 0.170 e.